The van der Waals surface area contributed by atoms with Crippen LogP contribution in [0.25, 0.3) is 6.08 Å². The van der Waals surface area contributed by atoms with Crippen molar-refractivity contribution in [3.63, 3.8) is 0 Å². The van der Waals surface area contributed by atoms with Crippen LogP contribution in [0.5, 0.6) is 11.5 Å². The van der Waals surface area contributed by atoms with Crippen LogP contribution in [0.3, 0.4) is 0 Å². The van der Waals surface area contributed by atoms with Gasteiger partial charge in [-0.15, -0.1) is 0 Å². The summed E-state index contributed by atoms with van der Waals surface area (Å²) in [5, 5.41) is 60.4. The fourth-order valence-electron chi connectivity index (χ4n) is 5.24. The summed E-state index contributed by atoms with van der Waals surface area (Å²) in [6.07, 6.45) is -6.07. The average molecular weight is 553 g/mol. The van der Waals surface area contributed by atoms with Crippen LogP contribution in [0.4, 0.5) is 0 Å². The van der Waals surface area contributed by atoms with Gasteiger partial charge < -0.3 is 54.3 Å². The second-order valence-electron chi connectivity index (χ2n) is 9.74. The number of ether oxygens (including phenoxy) is 5. The Morgan fingerprint density at radius 2 is 1.90 bits per heavy atom. The van der Waals surface area contributed by atoms with E-state index in [9.17, 15) is 40.2 Å². The Balaban J connectivity index is 1.54. The third-order valence-electron chi connectivity index (χ3n) is 7.42. The summed E-state index contributed by atoms with van der Waals surface area (Å²) in [7, 11) is 1.37. The molecule has 0 amide bonds. The Morgan fingerprint density at radius 3 is 2.56 bits per heavy atom. The molecule has 2 aliphatic heterocycles. The Bertz CT molecular complexity index is 1120. The summed E-state index contributed by atoms with van der Waals surface area (Å²) in [5.74, 6) is -3.66. The van der Waals surface area contributed by atoms with Gasteiger partial charge in [-0.05, 0) is 36.1 Å². The third-order valence-corrected chi connectivity index (χ3v) is 7.42. The molecule has 10 unspecified atom stereocenters. The average Bonchev–Trinajstić information content (AvgIpc) is 3.21. The maximum atomic E-state index is 12.7. The Kier molecular flexibility index (Phi) is 8.79. The number of carbonyl (C=O) groups excluding carboxylic acids is 1. The molecule has 0 spiro atoms. The number of rotatable bonds is 8. The van der Waals surface area contributed by atoms with Crippen LogP contribution in [0.15, 0.2) is 36.1 Å². The molecule has 214 valence electrons. The molecule has 4 rings (SSSR count). The molecule has 13 nitrogen and oxygen atoms in total. The normalized spacial score (nSPS) is 36.1. The van der Waals surface area contributed by atoms with Crippen LogP contribution in [-0.4, -0.2) is 99.4 Å². The van der Waals surface area contributed by atoms with Gasteiger partial charge in [0, 0.05) is 17.9 Å². The predicted octanol–water partition coefficient (Wildman–Crippen LogP) is -0.261. The van der Waals surface area contributed by atoms with Gasteiger partial charge in [-0.1, -0.05) is 13.0 Å². The summed E-state index contributed by atoms with van der Waals surface area (Å²) in [6, 6.07) is 4.38. The molecule has 3 aliphatic rings. The number of phenols is 1. The summed E-state index contributed by atoms with van der Waals surface area (Å²) in [5.41, 5.74) is 0.474. The highest BCUT2D eigenvalue weighted by Gasteiger charge is 2.54. The number of carbonyl (C=O) groups is 2. The first kappa shape index (κ1) is 28.8. The number of aliphatic hydroxyl groups is 4. The smallest absolute Gasteiger partial charge is 0.334 e. The highest BCUT2D eigenvalue weighted by atomic mass is 16.8. The number of methoxy groups -OCH3 is 1. The number of aliphatic carboxylic acids is 1. The number of hydrogen-bond donors (Lipinski definition) is 6. The fraction of sp³-hybridized carbons (Fsp3) is 0.538. The maximum Gasteiger partial charge on any atom is 0.334 e. The number of esters is 1. The highest BCUT2D eigenvalue weighted by Crippen LogP contribution is 2.47. The van der Waals surface area contributed by atoms with Crippen molar-refractivity contribution in [3.8, 4) is 11.5 Å². The van der Waals surface area contributed by atoms with Gasteiger partial charge in [-0.2, -0.15) is 0 Å². The molecule has 1 saturated heterocycles. The molecule has 1 aromatic carbocycles. The molecule has 0 radical (unpaired) electrons. The minimum absolute atomic E-state index is 0.0181. The maximum absolute atomic E-state index is 12.7. The Morgan fingerprint density at radius 1 is 1.15 bits per heavy atom. The van der Waals surface area contributed by atoms with Crippen LogP contribution >= 0.6 is 0 Å². The summed E-state index contributed by atoms with van der Waals surface area (Å²) < 4.78 is 27.5. The molecule has 13 heteroatoms. The van der Waals surface area contributed by atoms with Crippen molar-refractivity contribution in [2.75, 3.05) is 13.7 Å². The first-order chi connectivity index (χ1) is 18.5. The second-order valence-corrected chi connectivity index (χ2v) is 9.74. The van der Waals surface area contributed by atoms with E-state index in [1.54, 1.807) is 6.92 Å². The lowest BCUT2D eigenvalue weighted by atomic mass is 9.83. The zero-order valence-corrected chi connectivity index (χ0v) is 21.2. The summed E-state index contributed by atoms with van der Waals surface area (Å²) in [6.45, 7) is 1.04. The zero-order valence-electron chi connectivity index (χ0n) is 21.2. The molecule has 1 aromatic rings. The fourth-order valence-corrected chi connectivity index (χ4v) is 5.24. The van der Waals surface area contributed by atoms with Crippen molar-refractivity contribution < 1.29 is 63.9 Å². The zero-order chi connectivity index (χ0) is 28.4. The van der Waals surface area contributed by atoms with Gasteiger partial charge in [-0.3, -0.25) is 0 Å². The van der Waals surface area contributed by atoms with Crippen molar-refractivity contribution in [3.05, 3.63) is 41.7 Å². The number of benzene rings is 1. The van der Waals surface area contributed by atoms with Crippen LogP contribution in [0.2, 0.25) is 0 Å². The number of hydrogen-bond acceptors (Lipinski definition) is 12. The van der Waals surface area contributed by atoms with Crippen LogP contribution in [0.1, 0.15) is 18.9 Å². The van der Waals surface area contributed by atoms with Crippen molar-refractivity contribution in [2.45, 2.75) is 56.4 Å². The van der Waals surface area contributed by atoms with Crippen LogP contribution < -0.4 is 4.74 Å². The van der Waals surface area contributed by atoms with Crippen molar-refractivity contribution in [1.82, 2.24) is 0 Å². The van der Waals surface area contributed by atoms with E-state index >= 15 is 0 Å². The largest absolute Gasteiger partial charge is 0.504 e. The van der Waals surface area contributed by atoms with E-state index in [1.165, 1.54) is 31.4 Å². The number of phenolic OH excluding ortho intramolecular Hbond substituents is 1. The van der Waals surface area contributed by atoms with E-state index in [1.807, 2.05) is 0 Å². The van der Waals surface area contributed by atoms with Crippen molar-refractivity contribution in [2.24, 2.45) is 17.8 Å². The van der Waals surface area contributed by atoms with E-state index in [0.29, 0.717) is 5.56 Å². The lowest BCUT2D eigenvalue weighted by Crippen LogP contribution is -2.61. The summed E-state index contributed by atoms with van der Waals surface area (Å²) >= 11 is 0. The number of aromatic hydroxyl groups is 1. The molecule has 1 aliphatic carbocycles. The molecule has 10 atom stereocenters. The number of carboxylic acids is 1. The topological polar surface area (TPSA) is 202 Å². The van der Waals surface area contributed by atoms with Gasteiger partial charge in [-0.25, -0.2) is 9.59 Å². The molecule has 0 bridgehead atoms. The number of carboxylic acid groups (broad SMARTS) is 1. The van der Waals surface area contributed by atoms with E-state index < -0.39 is 79.4 Å². The molecule has 2 fully saturated rings. The first-order valence-corrected chi connectivity index (χ1v) is 12.4. The Labute approximate surface area is 223 Å². The lowest BCUT2D eigenvalue weighted by Gasteiger charge is -2.44. The predicted molar refractivity (Wildman–Crippen MR) is 130 cm³/mol. The molecule has 0 aromatic heterocycles. The SMILES string of the molecule is COc1cc(C=CC(=O)OC2C(OC3OC=C(C(=O)O)C4CC(O)C(C)C34)OC(CO)C(O)C2O)ccc1O. The minimum Gasteiger partial charge on any atom is -0.504 e. The van der Waals surface area contributed by atoms with Crippen LogP contribution in [-0.2, 0) is 28.5 Å². The number of fused-ring (bicyclic) bond motifs is 1. The number of aliphatic hydroxyl groups excluding tert-OH is 4. The molecule has 2 heterocycles. The van der Waals surface area contributed by atoms with Gasteiger partial charge >= 0.3 is 11.9 Å². The van der Waals surface area contributed by atoms with Crippen molar-refractivity contribution >= 4 is 18.0 Å². The van der Waals surface area contributed by atoms with Crippen LogP contribution in [0, 0.1) is 17.8 Å². The molecule has 6 N–H and O–H groups in total. The van der Waals surface area contributed by atoms with E-state index in [0.717, 1.165) is 12.3 Å². The van der Waals surface area contributed by atoms with Gasteiger partial charge in [0.25, 0.3) is 0 Å². The van der Waals surface area contributed by atoms with Gasteiger partial charge in [0.05, 0.1) is 31.7 Å². The lowest BCUT2D eigenvalue weighted by molar-refractivity contribution is -0.343. The quantitative estimate of drug-likeness (QED) is 0.182. The molecular formula is C26H32O13. The highest BCUT2D eigenvalue weighted by molar-refractivity contribution is 5.87. The van der Waals surface area contributed by atoms with Crippen molar-refractivity contribution in [1.29, 1.82) is 0 Å². The van der Waals surface area contributed by atoms with Gasteiger partial charge in [0.1, 0.15) is 18.3 Å². The monoisotopic (exact) mass is 552 g/mol. The minimum atomic E-state index is -1.72. The van der Waals surface area contributed by atoms with Gasteiger partial charge in [0.2, 0.25) is 12.6 Å². The Hall–Kier alpha value is -3.20. The summed E-state index contributed by atoms with van der Waals surface area (Å²) in [4.78, 5) is 24.4. The molecule has 39 heavy (non-hydrogen) atoms. The third kappa shape index (κ3) is 5.88. The van der Waals surface area contributed by atoms with E-state index in [4.69, 9.17) is 23.7 Å². The van der Waals surface area contributed by atoms with E-state index in [2.05, 4.69) is 0 Å². The molecule has 1 saturated carbocycles. The standard InChI is InChI=1S/C26H32O13/c1-11-16(29)8-13-14(24(33)34)10-36-25(20(11)13)39-26-23(22(32)21(31)18(9-27)37-26)38-19(30)6-4-12-3-5-15(28)17(7-12)35-2/h3-7,10-11,13,16,18,20-23,25-29,31-32H,8-9H2,1-2H3,(H,33,34). The van der Waals surface area contributed by atoms with Gasteiger partial charge in [0.15, 0.2) is 17.6 Å². The second kappa shape index (κ2) is 11.9. The van der Waals surface area contributed by atoms with E-state index in [-0.39, 0.29) is 23.5 Å². The molecular weight excluding hydrogens is 520 g/mol. The first-order valence-electron chi connectivity index (χ1n) is 12.4.